The van der Waals surface area contributed by atoms with E-state index < -0.39 is 22.1 Å². The Balaban J connectivity index is 2.30. The second-order valence-corrected chi connectivity index (χ2v) is 6.58. The minimum absolute atomic E-state index is 0.210. The van der Waals surface area contributed by atoms with E-state index in [1.165, 1.54) is 16.4 Å². The number of piperazine rings is 1. The van der Waals surface area contributed by atoms with Crippen molar-refractivity contribution in [2.75, 3.05) is 19.6 Å². The zero-order chi connectivity index (χ0) is 15.7. The molecule has 1 aromatic carbocycles. The van der Waals surface area contributed by atoms with E-state index in [1.54, 1.807) is 6.92 Å². The first kappa shape index (κ1) is 16.1. The normalized spacial score (nSPS) is 21.2. The molecule has 0 spiro atoms. The molecule has 2 rings (SSSR count). The lowest BCUT2D eigenvalue weighted by Crippen LogP contribution is -2.52. The maximum atomic E-state index is 12.5. The lowest BCUT2D eigenvalue weighted by Gasteiger charge is -2.32. The Morgan fingerprint density at radius 1 is 1.38 bits per heavy atom. The fourth-order valence-corrected chi connectivity index (χ4v) is 3.81. The largest absolute Gasteiger partial charge is 0.573 e. The molecule has 0 unspecified atom stereocenters. The van der Waals surface area contributed by atoms with Crippen LogP contribution in [0, 0.1) is 0 Å². The third kappa shape index (κ3) is 3.86. The maximum absolute atomic E-state index is 12.5. The van der Waals surface area contributed by atoms with Crippen molar-refractivity contribution in [1.29, 1.82) is 0 Å². The predicted octanol–water partition coefficient (Wildman–Crippen LogP) is 1.57. The van der Waals surface area contributed by atoms with Crippen LogP contribution in [0.15, 0.2) is 29.2 Å². The first-order valence-corrected chi connectivity index (χ1v) is 7.72. The van der Waals surface area contributed by atoms with Gasteiger partial charge >= 0.3 is 6.36 Å². The summed E-state index contributed by atoms with van der Waals surface area (Å²) in [6.45, 7) is 3.01. The molecule has 0 aliphatic carbocycles. The summed E-state index contributed by atoms with van der Waals surface area (Å²) in [6.07, 6.45) is -4.86. The minimum Gasteiger partial charge on any atom is -0.406 e. The van der Waals surface area contributed by atoms with Crippen molar-refractivity contribution in [3.8, 4) is 5.75 Å². The van der Waals surface area contributed by atoms with Crippen LogP contribution in [-0.4, -0.2) is 44.8 Å². The van der Waals surface area contributed by atoms with Gasteiger partial charge in [0.1, 0.15) is 5.75 Å². The second kappa shape index (κ2) is 5.82. The number of alkyl halides is 3. The zero-order valence-electron chi connectivity index (χ0n) is 11.2. The van der Waals surface area contributed by atoms with E-state index >= 15 is 0 Å². The molecule has 118 valence electrons. The van der Waals surface area contributed by atoms with Gasteiger partial charge in [-0.3, -0.25) is 0 Å². The number of rotatable bonds is 3. The van der Waals surface area contributed by atoms with Crippen LogP contribution in [0.4, 0.5) is 13.2 Å². The number of sulfonamides is 1. The number of halogens is 3. The molecule has 0 amide bonds. The van der Waals surface area contributed by atoms with Crippen molar-refractivity contribution in [2.24, 2.45) is 0 Å². The van der Waals surface area contributed by atoms with Gasteiger partial charge in [0.05, 0.1) is 4.90 Å². The molecule has 0 radical (unpaired) electrons. The molecule has 0 aromatic heterocycles. The molecule has 1 N–H and O–H groups in total. The average molecular weight is 324 g/mol. The fourth-order valence-electron chi connectivity index (χ4n) is 2.15. The lowest BCUT2D eigenvalue weighted by atomic mass is 10.3. The maximum Gasteiger partial charge on any atom is 0.573 e. The summed E-state index contributed by atoms with van der Waals surface area (Å²) < 4.78 is 66.6. The van der Waals surface area contributed by atoms with E-state index in [9.17, 15) is 21.6 Å². The van der Waals surface area contributed by atoms with Crippen molar-refractivity contribution in [3.63, 3.8) is 0 Å². The Hall–Kier alpha value is -1.32. The van der Waals surface area contributed by atoms with Gasteiger partial charge in [-0.1, -0.05) is 6.07 Å². The van der Waals surface area contributed by atoms with E-state index in [0.29, 0.717) is 13.1 Å². The van der Waals surface area contributed by atoms with Gasteiger partial charge in [-0.25, -0.2) is 8.42 Å². The highest BCUT2D eigenvalue weighted by molar-refractivity contribution is 7.89. The smallest absolute Gasteiger partial charge is 0.406 e. The monoisotopic (exact) mass is 324 g/mol. The number of hydrogen-bond acceptors (Lipinski definition) is 4. The standard InChI is InChI=1S/C12H15F3N2O3S/c1-9-8-16-5-6-17(9)21(18,19)11-4-2-3-10(7-11)20-12(13,14)15/h2-4,7,9,16H,5-6,8H2,1H3/t9-/m0/s1. The van der Waals surface area contributed by atoms with Gasteiger partial charge in [-0.2, -0.15) is 4.31 Å². The molecular weight excluding hydrogens is 309 g/mol. The summed E-state index contributed by atoms with van der Waals surface area (Å²) in [4.78, 5) is -0.210. The van der Waals surface area contributed by atoms with Gasteiger partial charge in [-0.15, -0.1) is 13.2 Å². The Bertz CT molecular complexity index is 604. The molecular formula is C12H15F3N2O3S. The number of nitrogens with zero attached hydrogens (tertiary/aromatic N) is 1. The predicted molar refractivity (Wildman–Crippen MR) is 69.3 cm³/mol. The number of ether oxygens (including phenoxy) is 1. The van der Waals surface area contributed by atoms with Crippen LogP contribution in [0.25, 0.3) is 0 Å². The quantitative estimate of drug-likeness (QED) is 0.917. The molecule has 5 nitrogen and oxygen atoms in total. The third-order valence-corrected chi connectivity index (χ3v) is 5.10. The fraction of sp³-hybridized carbons (Fsp3) is 0.500. The Kier molecular flexibility index (Phi) is 4.45. The summed E-state index contributed by atoms with van der Waals surface area (Å²) in [6, 6.07) is 4.16. The van der Waals surface area contributed by atoms with E-state index in [1.807, 2.05) is 0 Å². The van der Waals surface area contributed by atoms with E-state index in [4.69, 9.17) is 0 Å². The van der Waals surface area contributed by atoms with Crippen molar-refractivity contribution in [1.82, 2.24) is 9.62 Å². The molecule has 1 fully saturated rings. The molecule has 9 heteroatoms. The third-order valence-electron chi connectivity index (χ3n) is 3.09. The Morgan fingerprint density at radius 2 is 2.10 bits per heavy atom. The molecule has 1 aromatic rings. The number of nitrogens with one attached hydrogen (secondary N) is 1. The average Bonchev–Trinajstić information content (AvgIpc) is 2.37. The topological polar surface area (TPSA) is 58.6 Å². The van der Waals surface area contributed by atoms with E-state index in [-0.39, 0.29) is 17.5 Å². The first-order chi connectivity index (χ1) is 9.70. The Morgan fingerprint density at radius 3 is 2.71 bits per heavy atom. The number of hydrogen-bond donors (Lipinski definition) is 1. The molecule has 1 aliphatic rings. The molecule has 0 saturated carbocycles. The summed E-state index contributed by atoms with van der Waals surface area (Å²) in [7, 11) is -3.84. The van der Waals surface area contributed by atoms with Crippen LogP contribution in [-0.2, 0) is 10.0 Å². The second-order valence-electron chi connectivity index (χ2n) is 4.69. The molecule has 1 aliphatic heterocycles. The van der Waals surface area contributed by atoms with Gasteiger partial charge in [0.2, 0.25) is 10.0 Å². The molecule has 21 heavy (non-hydrogen) atoms. The van der Waals surface area contributed by atoms with Crippen molar-refractivity contribution in [3.05, 3.63) is 24.3 Å². The van der Waals surface area contributed by atoms with Crippen molar-refractivity contribution >= 4 is 10.0 Å². The minimum atomic E-state index is -4.86. The van der Waals surface area contributed by atoms with Gasteiger partial charge in [0.25, 0.3) is 0 Å². The van der Waals surface area contributed by atoms with Gasteiger partial charge in [0, 0.05) is 31.7 Å². The van der Waals surface area contributed by atoms with Gasteiger partial charge < -0.3 is 10.1 Å². The van der Waals surface area contributed by atoms with Crippen LogP contribution in [0.3, 0.4) is 0 Å². The highest BCUT2D eigenvalue weighted by atomic mass is 32.2. The van der Waals surface area contributed by atoms with Crippen LogP contribution >= 0.6 is 0 Å². The van der Waals surface area contributed by atoms with Crippen LogP contribution in [0.2, 0.25) is 0 Å². The molecule has 1 saturated heterocycles. The summed E-state index contributed by atoms with van der Waals surface area (Å²) in [5, 5.41) is 3.05. The van der Waals surface area contributed by atoms with Crippen LogP contribution in [0.5, 0.6) is 5.75 Å². The highest BCUT2D eigenvalue weighted by Crippen LogP contribution is 2.27. The number of benzene rings is 1. The Labute approximate surface area is 120 Å². The van der Waals surface area contributed by atoms with Gasteiger partial charge in [-0.05, 0) is 19.1 Å². The molecule has 0 bridgehead atoms. The highest BCUT2D eigenvalue weighted by Gasteiger charge is 2.33. The van der Waals surface area contributed by atoms with Crippen LogP contribution < -0.4 is 10.1 Å². The lowest BCUT2D eigenvalue weighted by molar-refractivity contribution is -0.274. The summed E-state index contributed by atoms with van der Waals surface area (Å²) in [5.74, 6) is -0.550. The summed E-state index contributed by atoms with van der Waals surface area (Å²) in [5.41, 5.74) is 0. The SMILES string of the molecule is C[C@H]1CNCCN1S(=O)(=O)c1cccc(OC(F)(F)F)c1. The van der Waals surface area contributed by atoms with Crippen LogP contribution in [0.1, 0.15) is 6.92 Å². The molecule has 1 atom stereocenters. The van der Waals surface area contributed by atoms with Gasteiger partial charge in [0.15, 0.2) is 0 Å². The zero-order valence-corrected chi connectivity index (χ0v) is 12.0. The van der Waals surface area contributed by atoms with Crippen molar-refractivity contribution in [2.45, 2.75) is 24.2 Å². The van der Waals surface area contributed by atoms with Crippen molar-refractivity contribution < 1.29 is 26.3 Å². The first-order valence-electron chi connectivity index (χ1n) is 6.28. The molecule has 1 heterocycles. The van der Waals surface area contributed by atoms with E-state index in [2.05, 4.69) is 10.1 Å². The summed E-state index contributed by atoms with van der Waals surface area (Å²) >= 11 is 0. The van der Waals surface area contributed by atoms with E-state index in [0.717, 1.165) is 12.1 Å².